The Hall–Kier alpha value is -2.90. The molecule has 8 nitrogen and oxygen atoms in total. The van der Waals surface area contributed by atoms with Crippen LogP contribution >= 0.6 is 0 Å². The molecular weight excluding hydrogens is 332 g/mol. The van der Waals surface area contributed by atoms with Gasteiger partial charge in [0.25, 0.3) is 0 Å². The lowest BCUT2D eigenvalue weighted by Crippen LogP contribution is -2.42. The van der Waals surface area contributed by atoms with Gasteiger partial charge in [-0.05, 0) is 43.5 Å². The molecule has 2 aliphatic rings. The van der Waals surface area contributed by atoms with Crippen LogP contribution in [0.5, 0.6) is 0 Å². The minimum atomic E-state index is -0.153. The smallest absolute Gasteiger partial charge is 0.222 e. The summed E-state index contributed by atoms with van der Waals surface area (Å²) >= 11 is 0. The number of hydrogen-bond acceptors (Lipinski definition) is 6. The number of rotatable bonds is 4. The van der Waals surface area contributed by atoms with Crippen molar-refractivity contribution in [3.8, 4) is 0 Å². The van der Waals surface area contributed by atoms with E-state index in [2.05, 4.69) is 31.7 Å². The third kappa shape index (κ3) is 4.59. The van der Waals surface area contributed by atoms with E-state index in [1.54, 1.807) is 6.07 Å². The van der Waals surface area contributed by atoms with E-state index in [0.29, 0.717) is 23.5 Å². The number of amides is 2. The first kappa shape index (κ1) is 17.9. The predicted molar refractivity (Wildman–Crippen MR) is 97.3 cm³/mol. The van der Waals surface area contributed by atoms with Crippen molar-refractivity contribution in [2.45, 2.75) is 45.4 Å². The largest absolute Gasteiger partial charge is 0.311 e. The van der Waals surface area contributed by atoms with Gasteiger partial charge in [-0.1, -0.05) is 6.42 Å². The molecule has 138 valence electrons. The molecule has 2 heterocycles. The third-order valence-corrected chi connectivity index (χ3v) is 4.60. The van der Waals surface area contributed by atoms with Gasteiger partial charge in [0.2, 0.25) is 11.8 Å². The van der Waals surface area contributed by atoms with Crippen LogP contribution in [0.2, 0.25) is 0 Å². The van der Waals surface area contributed by atoms with Crippen LogP contribution in [0, 0.1) is 5.92 Å². The number of carbonyl (C=O) groups is 2. The van der Waals surface area contributed by atoms with Gasteiger partial charge >= 0.3 is 0 Å². The minimum Gasteiger partial charge on any atom is -0.311 e. The average Bonchev–Trinajstić information content (AvgIpc) is 2.62. The van der Waals surface area contributed by atoms with Crippen molar-refractivity contribution in [1.82, 2.24) is 26.4 Å². The van der Waals surface area contributed by atoms with Gasteiger partial charge in [0.15, 0.2) is 5.82 Å². The molecule has 0 unspecified atom stereocenters. The van der Waals surface area contributed by atoms with Crippen molar-refractivity contribution in [2.75, 3.05) is 5.32 Å². The van der Waals surface area contributed by atoms with Crippen LogP contribution < -0.4 is 21.5 Å². The zero-order chi connectivity index (χ0) is 18.5. The van der Waals surface area contributed by atoms with Crippen LogP contribution in [0.25, 0.3) is 0 Å². The van der Waals surface area contributed by atoms with Gasteiger partial charge in [-0.3, -0.25) is 15.0 Å². The standard InChI is InChI=1S/C18H24N6O2/c1-11(25)19-17-8-6-15(21-23-17)13-4-3-5-14(10-13)16-7-9-18(24-22-16)20-12(2)26/h6-9,13-14,21,23H,3-5,10H2,1-2H3,(H,19,25)(H,20,24,26)/t13-,14+/m1/s1. The highest BCUT2D eigenvalue weighted by molar-refractivity contribution is 5.87. The van der Waals surface area contributed by atoms with Gasteiger partial charge in [-0.25, -0.2) is 0 Å². The lowest BCUT2D eigenvalue weighted by atomic mass is 9.78. The topological polar surface area (TPSA) is 108 Å². The monoisotopic (exact) mass is 356 g/mol. The van der Waals surface area contributed by atoms with E-state index in [1.165, 1.54) is 13.8 Å². The summed E-state index contributed by atoms with van der Waals surface area (Å²) in [4.78, 5) is 22.2. The fraction of sp³-hybridized carbons (Fsp3) is 0.444. The Morgan fingerprint density at radius 1 is 1.00 bits per heavy atom. The van der Waals surface area contributed by atoms with Crippen LogP contribution in [-0.4, -0.2) is 22.0 Å². The molecule has 3 rings (SSSR count). The Morgan fingerprint density at radius 3 is 2.38 bits per heavy atom. The van der Waals surface area contributed by atoms with E-state index in [1.807, 2.05) is 18.2 Å². The summed E-state index contributed by atoms with van der Waals surface area (Å²) in [6.45, 7) is 2.93. The summed E-state index contributed by atoms with van der Waals surface area (Å²) in [5.74, 6) is 1.60. The van der Waals surface area contributed by atoms with Crippen LogP contribution in [0.3, 0.4) is 0 Å². The van der Waals surface area contributed by atoms with Crippen molar-refractivity contribution < 1.29 is 9.59 Å². The van der Waals surface area contributed by atoms with Gasteiger partial charge in [0.05, 0.1) is 5.69 Å². The summed E-state index contributed by atoms with van der Waals surface area (Å²) in [7, 11) is 0. The van der Waals surface area contributed by atoms with E-state index in [-0.39, 0.29) is 11.8 Å². The molecule has 0 aromatic carbocycles. The van der Waals surface area contributed by atoms with Crippen molar-refractivity contribution in [1.29, 1.82) is 0 Å². The lowest BCUT2D eigenvalue weighted by molar-refractivity contribution is -0.118. The molecule has 26 heavy (non-hydrogen) atoms. The Bertz CT molecular complexity index is 741. The van der Waals surface area contributed by atoms with Crippen LogP contribution in [0.4, 0.5) is 5.82 Å². The molecule has 4 N–H and O–H groups in total. The number of aromatic nitrogens is 2. The number of anilines is 1. The number of hydrazine groups is 1. The zero-order valence-corrected chi connectivity index (χ0v) is 15.0. The Labute approximate surface area is 152 Å². The highest BCUT2D eigenvalue weighted by Gasteiger charge is 2.27. The maximum Gasteiger partial charge on any atom is 0.222 e. The van der Waals surface area contributed by atoms with E-state index in [0.717, 1.165) is 37.1 Å². The fourth-order valence-corrected chi connectivity index (χ4v) is 3.44. The van der Waals surface area contributed by atoms with E-state index < -0.39 is 0 Å². The number of allylic oxidation sites excluding steroid dienone is 3. The quantitative estimate of drug-likeness (QED) is 0.654. The molecule has 0 spiro atoms. The van der Waals surface area contributed by atoms with Crippen molar-refractivity contribution in [3.63, 3.8) is 0 Å². The molecule has 0 bridgehead atoms. The summed E-state index contributed by atoms with van der Waals surface area (Å²) in [5.41, 5.74) is 8.29. The molecule has 1 aliphatic heterocycles. The lowest BCUT2D eigenvalue weighted by Gasteiger charge is -2.32. The molecular formula is C18H24N6O2. The molecule has 0 saturated heterocycles. The highest BCUT2D eigenvalue weighted by atomic mass is 16.2. The van der Waals surface area contributed by atoms with E-state index in [9.17, 15) is 9.59 Å². The Kier molecular flexibility index (Phi) is 5.50. The van der Waals surface area contributed by atoms with Crippen LogP contribution in [0.15, 0.2) is 35.8 Å². The summed E-state index contributed by atoms with van der Waals surface area (Å²) in [6, 6.07) is 3.75. The molecule has 1 fully saturated rings. The molecule has 8 heteroatoms. The number of carbonyl (C=O) groups excluding carboxylic acids is 2. The van der Waals surface area contributed by atoms with Crippen molar-refractivity contribution in [2.24, 2.45) is 5.92 Å². The number of hydrogen-bond donors (Lipinski definition) is 4. The van der Waals surface area contributed by atoms with Crippen LogP contribution in [0.1, 0.15) is 51.1 Å². The first-order valence-corrected chi connectivity index (χ1v) is 8.84. The SMILES string of the molecule is CC(=O)NC1=CC=C([C@@H]2CCC[C@H](c3ccc(NC(C)=O)nn3)C2)NN1. The van der Waals surface area contributed by atoms with Crippen LogP contribution in [-0.2, 0) is 9.59 Å². The Balaban J connectivity index is 1.64. The molecule has 2 amide bonds. The van der Waals surface area contributed by atoms with Gasteiger partial charge in [-0.2, -0.15) is 5.10 Å². The molecule has 1 aromatic heterocycles. The number of nitrogens with one attached hydrogen (secondary N) is 4. The van der Waals surface area contributed by atoms with Gasteiger partial charge in [0, 0.05) is 31.4 Å². The minimum absolute atomic E-state index is 0.110. The van der Waals surface area contributed by atoms with Crippen molar-refractivity contribution in [3.05, 3.63) is 41.5 Å². The maximum absolute atomic E-state index is 11.1. The second kappa shape index (κ2) is 7.99. The molecule has 1 aliphatic carbocycles. The molecule has 1 aromatic rings. The van der Waals surface area contributed by atoms with Crippen molar-refractivity contribution >= 4 is 17.6 Å². The molecule has 0 radical (unpaired) electrons. The molecule has 2 atom stereocenters. The van der Waals surface area contributed by atoms with Gasteiger partial charge in [-0.15, -0.1) is 5.10 Å². The predicted octanol–water partition coefficient (Wildman–Crippen LogP) is 1.68. The Morgan fingerprint density at radius 2 is 1.77 bits per heavy atom. The first-order chi connectivity index (χ1) is 12.5. The fourth-order valence-electron chi connectivity index (χ4n) is 3.44. The second-order valence-electron chi connectivity index (χ2n) is 6.72. The summed E-state index contributed by atoms with van der Waals surface area (Å²) < 4.78 is 0. The first-order valence-electron chi connectivity index (χ1n) is 8.84. The van der Waals surface area contributed by atoms with E-state index >= 15 is 0 Å². The van der Waals surface area contributed by atoms with Gasteiger partial charge < -0.3 is 16.1 Å². The maximum atomic E-state index is 11.1. The summed E-state index contributed by atoms with van der Waals surface area (Å²) in [5, 5.41) is 13.7. The van der Waals surface area contributed by atoms with E-state index in [4.69, 9.17) is 0 Å². The second-order valence-corrected chi connectivity index (χ2v) is 6.72. The van der Waals surface area contributed by atoms with Gasteiger partial charge in [0.1, 0.15) is 5.82 Å². The highest BCUT2D eigenvalue weighted by Crippen LogP contribution is 2.38. The number of nitrogens with zero attached hydrogens (tertiary/aromatic N) is 2. The molecule has 1 saturated carbocycles. The average molecular weight is 356 g/mol. The zero-order valence-electron chi connectivity index (χ0n) is 15.0. The third-order valence-electron chi connectivity index (χ3n) is 4.60. The normalized spacial score (nSPS) is 22.2. The summed E-state index contributed by atoms with van der Waals surface area (Å²) in [6.07, 6.45) is 8.18.